The molecule has 2 rings (SSSR count). The molecule has 5 heteroatoms. The first-order valence-electron chi connectivity index (χ1n) is 7.50. The zero-order valence-electron chi connectivity index (χ0n) is 12.8. The summed E-state index contributed by atoms with van der Waals surface area (Å²) in [5.74, 6) is 3.12. The zero-order chi connectivity index (χ0) is 14.4. The standard InChI is InChI=1S/C15H26N4O/c1-12(2)9-16-10-13-4-6-19(7-5-13)14-8-15(20-3)18-11-17-14/h8,11-13,16H,4-7,9-10H2,1-3H3. The first-order valence-corrected chi connectivity index (χ1v) is 7.50. The number of nitrogens with zero attached hydrogens (tertiary/aromatic N) is 3. The summed E-state index contributed by atoms with van der Waals surface area (Å²) in [4.78, 5) is 10.7. The van der Waals surface area contributed by atoms with Crippen LogP contribution in [0.15, 0.2) is 12.4 Å². The predicted molar refractivity (Wildman–Crippen MR) is 81.2 cm³/mol. The van der Waals surface area contributed by atoms with E-state index in [0.717, 1.165) is 43.8 Å². The van der Waals surface area contributed by atoms with Crippen molar-refractivity contribution in [3.8, 4) is 5.88 Å². The number of aromatic nitrogens is 2. The van der Waals surface area contributed by atoms with Crippen molar-refractivity contribution in [3.63, 3.8) is 0 Å². The maximum Gasteiger partial charge on any atom is 0.218 e. The molecule has 1 aliphatic rings. The molecule has 20 heavy (non-hydrogen) atoms. The highest BCUT2D eigenvalue weighted by atomic mass is 16.5. The first kappa shape index (κ1) is 15.0. The Balaban J connectivity index is 1.78. The Morgan fingerprint density at radius 1 is 1.35 bits per heavy atom. The third-order valence-electron chi connectivity index (χ3n) is 3.76. The van der Waals surface area contributed by atoms with E-state index in [2.05, 4.69) is 34.0 Å². The number of hydrogen-bond donors (Lipinski definition) is 1. The molecule has 1 fully saturated rings. The van der Waals surface area contributed by atoms with Gasteiger partial charge < -0.3 is 15.0 Å². The second kappa shape index (κ2) is 7.43. The van der Waals surface area contributed by atoms with E-state index in [1.54, 1.807) is 13.4 Å². The Hall–Kier alpha value is -1.36. The van der Waals surface area contributed by atoms with E-state index < -0.39 is 0 Å². The Morgan fingerprint density at radius 3 is 2.75 bits per heavy atom. The summed E-state index contributed by atoms with van der Waals surface area (Å²) in [6.07, 6.45) is 4.01. The summed E-state index contributed by atoms with van der Waals surface area (Å²) in [6.45, 7) is 8.88. The van der Waals surface area contributed by atoms with Crippen molar-refractivity contribution in [1.29, 1.82) is 0 Å². The lowest BCUT2D eigenvalue weighted by molar-refractivity contribution is 0.371. The topological polar surface area (TPSA) is 50.3 Å². The van der Waals surface area contributed by atoms with E-state index in [4.69, 9.17) is 4.74 Å². The Kier molecular flexibility index (Phi) is 5.59. The Labute approximate surface area is 121 Å². The van der Waals surface area contributed by atoms with Gasteiger partial charge in [-0.15, -0.1) is 0 Å². The van der Waals surface area contributed by atoms with Gasteiger partial charge in [0.15, 0.2) is 0 Å². The fourth-order valence-electron chi connectivity index (χ4n) is 2.56. The lowest BCUT2D eigenvalue weighted by Crippen LogP contribution is -2.38. The molecule has 0 bridgehead atoms. The summed E-state index contributed by atoms with van der Waals surface area (Å²) >= 11 is 0. The summed E-state index contributed by atoms with van der Waals surface area (Å²) in [7, 11) is 1.64. The summed E-state index contributed by atoms with van der Waals surface area (Å²) < 4.78 is 5.15. The van der Waals surface area contributed by atoms with E-state index in [1.807, 2.05) is 6.07 Å². The normalized spacial score (nSPS) is 16.7. The van der Waals surface area contributed by atoms with E-state index in [-0.39, 0.29) is 0 Å². The van der Waals surface area contributed by atoms with Gasteiger partial charge in [0.1, 0.15) is 12.1 Å². The number of hydrogen-bond acceptors (Lipinski definition) is 5. The van der Waals surface area contributed by atoms with Crippen LogP contribution in [0.4, 0.5) is 5.82 Å². The minimum atomic E-state index is 0.635. The second-order valence-electron chi connectivity index (χ2n) is 5.90. The Morgan fingerprint density at radius 2 is 2.10 bits per heavy atom. The third-order valence-corrected chi connectivity index (χ3v) is 3.76. The molecule has 112 valence electrons. The van der Waals surface area contributed by atoms with Crippen LogP contribution in [0.1, 0.15) is 26.7 Å². The van der Waals surface area contributed by atoms with E-state index in [1.165, 1.54) is 12.8 Å². The highest BCUT2D eigenvalue weighted by molar-refractivity contribution is 5.41. The predicted octanol–water partition coefficient (Wildman–Crippen LogP) is 1.95. The van der Waals surface area contributed by atoms with Crippen LogP contribution in [-0.4, -0.2) is 43.3 Å². The fourth-order valence-corrected chi connectivity index (χ4v) is 2.56. The maximum atomic E-state index is 5.15. The quantitative estimate of drug-likeness (QED) is 0.862. The lowest BCUT2D eigenvalue weighted by atomic mass is 9.96. The van der Waals surface area contributed by atoms with Gasteiger partial charge in [0.2, 0.25) is 5.88 Å². The van der Waals surface area contributed by atoms with Crippen LogP contribution >= 0.6 is 0 Å². The molecule has 1 N–H and O–H groups in total. The van der Waals surface area contributed by atoms with Gasteiger partial charge >= 0.3 is 0 Å². The molecule has 1 aromatic rings. The molecule has 0 aliphatic carbocycles. The molecule has 0 aromatic carbocycles. The fraction of sp³-hybridized carbons (Fsp3) is 0.733. The van der Waals surface area contributed by atoms with Gasteiger partial charge in [-0.1, -0.05) is 13.8 Å². The van der Waals surface area contributed by atoms with Gasteiger partial charge in [-0.3, -0.25) is 0 Å². The molecule has 0 radical (unpaired) electrons. The molecule has 0 amide bonds. The third kappa shape index (κ3) is 4.34. The molecule has 0 atom stereocenters. The number of nitrogens with one attached hydrogen (secondary N) is 1. The van der Waals surface area contributed by atoms with Crippen LogP contribution in [0.5, 0.6) is 5.88 Å². The smallest absolute Gasteiger partial charge is 0.218 e. The molecule has 1 aromatic heterocycles. The van der Waals surface area contributed by atoms with Gasteiger partial charge in [0, 0.05) is 19.2 Å². The van der Waals surface area contributed by atoms with Crippen molar-refractivity contribution in [2.75, 3.05) is 38.2 Å². The van der Waals surface area contributed by atoms with Crippen LogP contribution in [0.3, 0.4) is 0 Å². The summed E-state index contributed by atoms with van der Waals surface area (Å²) in [5, 5.41) is 3.56. The van der Waals surface area contributed by atoms with Gasteiger partial charge in [-0.2, -0.15) is 0 Å². The molecule has 2 heterocycles. The second-order valence-corrected chi connectivity index (χ2v) is 5.90. The van der Waals surface area contributed by atoms with Crippen molar-refractivity contribution in [2.45, 2.75) is 26.7 Å². The minimum Gasteiger partial charge on any atom is -0.481 e. The van der Waals surface area contributed by atoms with Gasteiger partial charge in [-0.05, 0) is 37.8 Å². The van der Waals surface area contributed by atoms with E-state index in [9.17, 15) is 0 Å². The van der Waals surface area contributed by atoms with Crippen LogP contribution in [0, 0.1) is 11.8 Å². The number of piperidine rings is 1. The van der Waals surface area contributed by atoms with Gasteiger partial charge in [0.05, 0.1) is 7.11 Å². The maximum absolute atomic E-state index is 5.15. The summed E-state index contributed by atoms with van der Waals surface area (Å²) in [6, 6.07) is 1.91. The van der Waals surface area contributed by atoms with Crippen LogP contribution in [-0.2, 0) is 0 Å². The number of methoxy groups -OCH3 is 1. The average molecular weight is 278 g/mol. The molecule has 1 saturated heterocycles. The number of ether oxygens (including phenoxy) is 1. The lowest BCUT2D eigenvalue weighted by Gasteiger charge is -2.33. The highest BCUT2D eigenvalue weighted by Gasteiger charge is 2.20. The van der Waals surface area contributed by atoms with Crippen LogP contribution in [0.2, 0.25) is 0 Å². The zero-order valence-corrected chi connectivity index (χ0v) is 12.8. The van der Waals surface area contributed by atoms with Crippen molar-refractivity contribution in [1.82, 2.24) is 15.3 Å². The first-order chi connectivity index (χ1) is 9.69. The van der Waals surface area contributed by atoms with Gasteiger partial charge in [-0.25, -0.2) is 9.97 Å². The average Bonchev–Trinajstić information content (AvgIpc) is 2.48. The van der Waals surface area contributed by atoms with Crippen molar-refractivity contribution < 1.29 is 4.74 Å². The molecule has 5 nitrogen and oxygen atoms in total. The van der Waals surface area contributed by atoms with E-state index >= 15 is 0 Å². The largest absolute Gasteiger partial charge is 0.481 e. The monoisotopic (exact) mass is 278 g/mol. The van der Waals surface area contributed by atoms with Crippen molar-refractivity contribution >= 4 is 5.82 Å². The molecule has 0 saturated carbocycles. The number of rotatable bonds is 6. The Bertz CT molecular complexity index is 403. The van der Waals surface area contributed by atoms with Crippen LogP contribution in [0.25, 0.3) is 0 Å². The summed E-state index contributed by atoms with van der Waals surface area (Å²) in [5.41, 5.74) is 0. The molecular formula is C15H26N4O. The van der Waals surface area contributed by atoms with Crippen molar-refractivity contribution in [2.24, 2.45) is 11.8 Å². The van der Waals surface area contributed by atoms with Crippen LogP contribution < -0.4 is 15.0 Å². The highest BCUT2D eigenvalue weighted by Crippen LogP contribution is 2.22. The van der Waals surface area contributed by atoms with E-state index in [0.29, 0.717) is 5.88 Å². The molecule has 0 unspecified atom stereocenters. The molecular weight excluding hydrogens is 252 g/mol. The number of anilines is 1. The minimum absolute atomic E-state index is 0.635. The molecule has 0 spiro atoms. The molecule has 1 aliphatic heterocycles. The van der Waals surface area contributed by atoms with Gasteiger partial charge in [0.25, 0.3) is 0 Å². The van der Waals surface area contributed by atoms with Crippen molar-refractivity contribution in [3.05, 3.63) is 12.4 Å². The SMILES string of the molecule is COc1cc(N2CCC(CNCC(C)C)CC2)ncn1.